The molecule has 29 heavy (non-hydrogen) atoms. The Balaban J connectivity index is 1.85. The van der Waals surface area contributed by atoms with Crippen LogP contribution in [0.15, 0.2) is 42.5 Å². The van der Waals surface area contributed by atoms with Gasteiger partial charge in [0.1, 0.15) is 5.75 Å². The summed E-state index contributed by atoms with van der Waals surface area (Å²) in [5, 5.41) is 2.89. The highest BCUT2D eigenvalue weighted by atomic mass is 16.5. The SMILES string of the molecule is CCC(C)(C)c1ccc2c(c1)N(Cc1ccc(C(=O)NC(C)C)cc1)C(=O)CO2. The van der Waals surface area contributed by atoms with E-state index in [4.69, 9.17) is 4.74 Å². The Kier molecular flexibility index (Phi) is 5.96. The van der Waals surface area contributed by atoms with E-state index in [1.54, 1.807) is 17.0 Å². The molecule has 154 valence electrons. The predicted molar refractivity (Wildman–Crippen MR) is 115 cm³/mol. The zero-order chi connectivity index (χ0) is 21.2. The highest BCUT2D eigenvalue weighted by Crippen LogP contribution is 2.38. The second-order valence-corrected chi connectivity index (χ2v) is 8.51. The van der Waals surface area contributed by atoms with Gasteiger partial charge in [0, 0.05) is 11.6 Å². The van der Waals surface area contributed by atoms with Crippen molar-refractivity contribution in [3.63, 3.8) is 0 Å². The van der Waals surface area contributed by atoms with Crippen LogP contribution in [0.25, 0.3) is 0 Å². The number of ether oxygens (including phenoxy) is 1. The van der Waals surface area contributed by atoms with Crippen molar-refractivity contribution in [2.45, 2.75) is 59.0 Å². The monoisotopic (exact) mass is 394 g/mol. The molecule has 5 heteroatoms. The number of hydrogen-bond acceptors (Lipinski definition) is 3. The molecule has 0 saturated carbocycles. The van der Waals surface area contributed by atoms with Crippen molar-refractivity contribution in [2.75, 3.05) is 11.5 Å². The molecule has 2 aromatic rings. The van der Waals surface area contributed by atoms with E-state index in [1.807, 2.05) is 32.0 Å². The van der Waals surface area contributed by atoms with Crippen LogP contribution >= 0.6 is 0 Å². The largest absolute Gasteiger partial charge is 0.482 e. The maximum absolute atomic E-state index is 12.6. The smallest absolute Gasteiger partial charge is 0.265 e. The van der Waals surface area contributed by atoms with E-state index in [0.717, 1.165) is 23.4 Å². The summed E-state index contributed by atoms with van der Waals surface area (Å²) in [4.78, 5) is 26.5. The molecular weight excluding hydrogens is 364 g/mol. The number of hydrogen-bond donors (Lipinski definition) is 1. The van der Waals surface area contributed by atoms with Crippen molar-refractivity contribution >= 4 is 17.5 Å². The van der Waals surface area contributed by atoms with Gasteiger partial charge in [0.15, 0.2) is 6.61 Å². The fraction of sp³-hybridized carbons (Fsp3) is 0.417. The summed E-state index contributed by atoms with van der Waals surface area (Å²) in [6, 6.07) is 13.6. The Bertz CT molecular complexity index is 901. The summed E-state index contributed by atoms with van der Waals surface area (Å²) in [7, 11) is 0. The number of fused-ring (bicyclic) bond motifs is 1. The molecule has 0 unspecified atom stereocenters. The van der Waals surface area contributed by atoms with E-state index in [1.165, 1.54) is 5.56 Å². The van der Waals surface area contributed by atoms with Crippen LogP contribution in [0.5, 0.6) is 5.75 Å². The number of benzene rings is 2. The number of anilines is 1. The van der Waals surface area contributed by atoms with Crippen LogP contribution in [-0.4, -0.2) is 24.5 Å². The van der Waals surface area contributed by atoms with Gasteiger partial charge in [0.2, 0.25) is 0 Å². The van der Waals surface area contributed by atoms with E-state index >= 15 is 0 Å². The highest BCUT2D eigenvalue weighted by molar-refractivity contribution is 5.98. The molecule has 5 nitrogen and oxygen atoms in total. The maximum atomic E-state index is 12.6. The summed E-state index contributed by atoms with van der Waals surface area (Å²) in [5.74, 6) is 0.574. The lowest BCUT2D eigenvalue weighted by atomic mass is 9.82. The van der Waals surface area contributed by atoms with Crippen molar-refractivity contribution in [3.8, 4) is 5.75 Å². The first-order valence-electron chi connectivity index (χ1n) is 10.2. The van der Waals surface area contributed by atoms with Crippen LogP contribution in [-0.2, 0) is 16.8 Å². The molecule has 1 aliphatic heterocycles. The molecule has 1 N–H and O–H groups in total. The molecule has 0 aromatic heterocycles. The predicted octanol–water partition coefficient (Wildman–Crippen LogP) is 4.44. The van der Waals surface area contributed by atoms with E-state index in [9.17, 15) is 9.59 Å². The number of carbonyl (C=O) groups is 2. The summed E-state index contributed by atoms with van der Waals surface area (Å²) in [5.41, 5.74) is 3.59. The average molecular weight is 395 g/mol. The Labute approximate surface area is 173 Å². The summed E-state index contributed by atoms with van der Waals surface area (Å²) in [6.45, 7) is 10.9. The van der Waals surface area contributed by atoms with Gasteiger partial charge < -0.3 is 15.0 Å². The van der Waals surface area contributed by atoms with Crippen molar-refractivity contribution < 1.29 is 14.3 Å². The topological polar surface area (TPSA) is 58.6 Å². The van der Waals surface area contributed by atoms with Crippen molar-refractivity contribution in [3.05, 3.63) is 59.2 Å². The molecule has 1 aliphatic rings. The van der Waals surface area contributed by atoms with Crippen molar-refractivity contribution in [2.24, 2.45) is 0 Å². The summed E-state index contributed by atoms with van der Waals surface area (Å²) >= 11 is 0. The molecule has 0 radical (unpaired) electrons. The molecule has 0 fully saturated rings. The lowest BCUT2D eigenvalue weighted by Gasteiger charge is -2.32. The molecule has 0 atom stereocenters. The van der Waals surface area contributed by atoms with Gasteiger partial charge in [-0.25, -0.2) is 0 Å². The molecule has 2 amide bonds. The van der Waals surface area contributed by atoms with E-state index in [0.29, 0.717) is 12.1 Å². The summed E-state index contributed by atoms with van der Waals surface area (Å²) in [6.07, 6.45) is 1.00. The van der Waals surface area contributed by atoms with Gasteiger partial charge in [-0.3, -0.25) is 9.59 Å². The number of nitrogens with one attached hydrogen (secondary N) is 1. The first-order valence-corrected chi connectivity index (χ1v) is 10.2. The molecule has 0 bridgehead atoms. The minimum atomic E-state index is -0.0919. The van der Waals surface area contributed by atoms with Gasteiger partial charge in [0.05, 0.1) is 12.2 Å². The molecule has 1 heterocycles. The van der Waals surface area contributed by atoms with Crippen molar-refractivity contribution in [1.82, 2.24) is 5.32 Å². The zero-order valence-corrected chi connectivity index (χ0v) is 17.9. The van der Waals surface area contributed by atoms with E-state index < -0.39 is 0 Å². The Morgan fingerprint density at radius 3 is 2.48 bits per heavy atom. The minimum Gasteiger partial charge on any atom is -0.482 e. The number of rotatable bonds is 6. The standard InChI is InChI=1S/C24H30N2O3/c1-6-24(4,5)19-11-12-21-20(13-19)26(22(27)15-29-21)14-17-7-9-18(10-8-17)23(28)25-16(2)3/h7-13,16H,6,14-15H2,1-5H3,(H,25,28). The minimum absolute atomic E-state index is 0.0205. The van der Waals surface area contributed by atoms with Crippen LogP contribution in [0.4, 0.5) is 5.69 Å². The fourth-order valence-electron chi connectivity index (χ4n) is 3.29. The van der Waals surface area contributed by atoms with Crippen LogP contribution < -0.4 is 15.0 Å². The Hall–Kier alpha value is -2.82. The zero-order valence-electron chi connectivity index (χ0n) is 17.9. The lowest BCUT2D eigenvalue weighted by molar-refractivity contribution is -0.121. The van der Waals surface area contributed by atoms with Crippen LogP contribution in [0.2, 0.25) is 0 Å². The van der Waals surface area contributed by atoms with Crippen LogP contribution in [0, 0.1) is 0 Å². The van der Waals surface area contributed by atoms with E-state index in [2.05, 4.69) is 38.2 Å². The third-order valence-electron chi connectivity index (χ3n) is 5.54. The highest BCUT2D eigenvalue weighted by Gasteiger charge is 2.28. The van der Waals surface area contributed by atoms with Gasteiger partial charge in [-0.1, -0.05) is 39.0 Å². The van der Waals surface area contributed by atoms with Gasteiger partial charge in [-0.2, -0.15) is 0 Å². The Morgan fingerprint density at radius 2 is 1.86 bits per heavy atom. The average Bonchev–Trinajstić information content (AvgIpc) is 2.69. The van der Waals surface area contributed by atoms with Crippen LogP contribution in [0.3, 0.4) is 0 Å². The molecular formula is C24H30N2O3. The normalized spacial score (nSPS) is 13.9. The first kappa shape index (κ1) is 20.9. The molecule has 0 saturated heterocycles. The van der Waals surface area contributed by atoms with Gasteiger partial charge in [0.25, 0.3) is 11.8 Å². The van der Waals surface area contributed by atoms with Crippen LogP contribution in [0.1, 0.15) is 62.5 Å². The molecule has 3 rings (SSSR count). The third-order valence-corrected chi connectivity index (χ3v) is 5.54. The number of carbonyl (C=O) groups excluding carboxylic acids is 2. The summed E-state index contributed by atoms with van der Waals surface area (Å²) < 4.78 is 5.65. The second kappa shape index (κ2) is 8.27. The molecule has 0 aliphatic carbocycles. The molecule has 2 aromatic carbocycles. The number of amides is 2. The number of nitrogens with zero attached hydrogens (tertiary/aromatic N) is 1. The maximum Gasteiger partial charge on any atom is 0.265 e. The van der Waals surface area contributed by atoms with Gasteiger partial charge in [-0.05, 0) is 61.1 Å². The third kappa shape index (κ3) is 4.61. The van der Waals surface area contributed by atoms with E-state index in [-0.39, 0.29) is 29.9 Å². The molecule has 0 spiro atoms. The van der Waals surface area contributed by atoms with Crippen molar-refractivity contribution in [1.29, 1.82) is 0 Å². The second-order valence-electron chi connectivity index (χ2n) is 8.51. The first-order chi connectivity index (χ1) is 13.7. The van der Waals surface area contributed by atoms with Gasteiger partial charge in [-0.15, -0.1) is 0 Å². The Morgan fingerprint density at radius 1 is 1.17 bits per heavy atom. The lowest BCUT2D eigenvalue weighted by Crippen LogP contribution is -2.38. The quantitative estimate of drug-likeness (QED) is 0.788. The van der Waals surface area contributed by atoms with Gasteiger partial charge >= 0.3 is 0 Å². The fourth-order valence-corrected chi connectivity index (χ4v) is 3.29.